The van der Waals surface area contributed by atoms with Gasteiger partial charge in [-0.3, -0.25) is 4.79 Å². The van der Waals surface area contributed by atoms with Gasteiger partial charge >= 0.3 is 0 Å². The molecular formula is C26H50N6O10. The Kier molecular flexibility index (Phi) is 12.2. The van der Waals surface area contributed by atoms with E-state index in [0.717, 1.165) is 0 Å². The maximum Gasteiger partial charge on any atom is 0.254 e. The molecule has 244 valence electrons. The Labute approximate surface area is 245 Å². The highest BCUT2D eigenvalue weighted by atomic mass is 16.7. The number of ether oxygens (including phenoxy) is 4. The van der Waals surface area contributed by atoms with Crippen LogP contribution in [0, 0.1) is 11.3 Å². The fourth-order valence-corrected chi connectivity index (χ4v) is 5.46. The van der Waals surface area contributed by atoms with Gasteiger partial charge in [0.15, 0.2) is 18.2 Å². The van der Waals surface area contributed by atoms with Gasteiger partial charge in [-0.25, -0.2) is 0 Å². The molecule has 16 heteroatoms. The van der Waals surface area contributed by atoms with Crippen LogP contribution in [0.3, 0.4) is 0 Å². The summed E-state index contributed by atoms with van der Waals surface area (Å²) < 4.78 is 23.8. The minimum absolute atomic E-state index is 0.0124. The summed E-state index contributed by atoms with van der Waals surface area (Å²) in [6.45, 7) is 1.74. The number of nitrogens with one attached hydrogen (secondary N) is 2. The lowest BCUT2D eigenvalue weighted by molar-refractivity contribution is -0.314. The second-order valence-corrected chi connectivity index (χ2v) is 12.1. The van der Waals surface area contributed by atoms with Crippen molar-refractivity contribution in [2.45, 2.75) is 118 Å². The van der Waals surface area contributed by atoms with E-state index in [9.17, 15) is 25.2 Å². The lowest BCUT2D eigenvalue weighted by Crippen LogP contribution is -2.69. The van der Waals surface area contributed by atoms with Gasteiger partial charge in [-0.1, -0.05) is 6.92 Å². The van der Waals surface area contributed by atoms with Crippen LogP contribution in [0.4, 0.5) is 0 Å². The second-order valence-electron chi connectivity index (χ2n) is 12.1. The number of amides is 1. The lowest BCUT2D eigenvalue weighted by atomic mass is 9.82. The van der Waals surface area contributed by atoms with E-state index in [1.54, 1.807) is 6.92 Å². The van der Waals surface area contributed by atoms with Gasteiger partial charge in [0.1, 0.15) is 24.4 Å². The van der Waals surface area contributed by atoms with Gasteiger partial charge in [-0.2, -0.15) is 0 Å². The van der Waals surface area contributed by atoms with Crippen LogP contribution in [0.5, 0.6) is 0 Å². The molecule has 3 fully saturated rings. The molecule has 0 aromatic carbocycles. The Balaban J connectivity index is 1.80. The molecule has 6 unspecified atom stereocenters. The largest absolute Gasteiger partial charge is 0.390 e. The molecule has 2 saturated heterocycles. The molecule has 1 amide bonds. The number of hydrogen-bond donors (Lipinski definition) is 11. The van der Waals surface area contributed by atoms with E-state index < -0.39 is 91.2 Å². The molecule has 3 rings (SSSR count). The number of hydrogen-bond acceptors (Lipinski definition) is 15. The van der Waals surface area contributed by atoms with Crippen LogP contribution < -0.4 is 28.3 Å². The molecule has 16 nitrogen and oxygen atoms in total. The highest BCUT2D eigenvalue weighted by Gasteiger charge is 2.51. The van der Waals surface area contributed by atoms with Crippen molar-refractivity contribution >= 4 is 11.6 Å². The van der Waals surface area contributed by atoms with E-state index in [1.165, 1.54) is 6.92 Å². The summed E-state index contributed by atoms with van der Waals surface area (Å²) >= 11 is 0. The first-order valence-electron chi connectivity index (χ1n) is 14.5. The van der Waals surface area contributed by atoms with Gasteiger partial charge in [-0.05, 0) is 39.0 Å². The Hall–Kier alpha value is -1.38. The summed E-state index contributed by atoms with van der Waals surface area (Å²) in [5, 5.41) is 62.9. The first-order valence-corrected chi connectivity index (χ1v) is 14.5. The zero-order valence-electron chi connectivity index (χ0n) is 24.3. The molecule has 12 atom stereocenters. The van der Waals surface area contributed by atoms with Crippen LogP contribution in [0.25, 0.3) is 0 Å². The Morgan fingerprint density at radius 3 is 2.36 bits per heavy atom. The first-order chi connectivity index (χ1) is 19.7. The zero-order chi connectivity index (χ0) is 31.4. The van der Waals surface area contributed by atoms with Crippen molar-refractivity contribution in [3.63, 3.8) is 0 Å². The van der Waals surface area contributed by atoms with Gasteiger partial charge in [0.25, 0.3) is 5.91 Å². The normalized spacial score (nSPS) is 41.4. The standard InChI is InChI=1S/C26H50N6O10/c1-12-18(34)23(39-11-25(12,2)37)42-21-17(32-24(36)26(38,9-27)10-28)7-16(31)20(19(21)35)41-22-15(30)6-5-14(40-22)4-3-13(29)8-33/h12,14-23,29,33-35,37-38H,3-11,27-28,30-31H2,1-2H3,(H,32,36)/t12-,14-,15?,16+,17-,18?,19?,20?,21?,22-,23-,25?/m1/s1. The van der Waals surface area contributed by atoms with Gasteiger partial charge in [-0.15, -0.1) is 0 Å². The second kappa shape index (κ2) is 14.6. The SMILES string of the molecule is C[C@@H]1C(O)[C@@H](OC2C(O)C(O[C@H]3O[C@H](CCC(=N)CO)CCC3N)[C@@H](N)C[C@H]2NC(=O)C(O)(CN)CN)OCC1(C)O. The number of carbonyl (C=O) groups is 1. The van der Waals surface area contributed by atoms with Crippen LogP contribution in [0.1, 0.15) is 46.0 Å². The van der Waals surface area contributed by atoms with Gasteiger partial charge in [0.05, 0.1) is 37.0 Å². The van der Waals surface area contributed by atoms with Crippen LogP contribution in [0.2, 0.25) is 0 Å². The molecule has 0 aromatic rings. The molecule has 2 heterocycles. The molecule has 1 aliphatic carbocycles. The van der Waals surface area contributed by atoms with E-state index >= 15 is 0 Å². The number of aliphatic hydroxyl groups is 5. The lowest BCUT2D eigenvalue weighted by Gasteiger charge is -2.49. The fraction of sp³-hybridized carbons (Fsp3) is 0.923. The summed E-state index contributed by atoms with van der Waals surface area (Å²) in [4.78, 5) is 12.9. The number of rotatable bonds is 12. The summed E-state index contributed by atoms with van der Waals surface area (Å²) in [6.07, 6.45) is -5.62. The van der Waals surface area contributed by atoms with E-state index in [0.29, 0.717) is 25.7 Å². The summed E-state index contributed by atoms with van der Waals surface area (Å²) in [5.74, 6) is -1.54. The third kappa shape index (κ3) is 8.01. The van der Waals surface area contributed by atoms with Crippen molar-refractivity contribution < 1.29 is 49.3 Å². The summed E-state index contributed by atoms with van der Waals surface area (Å²) in [6, 6.07) is -2.38. The topological polar surface area (TPSA) is 295 Å². The molecular weight excluding hydrogens is 556 g/mol. The van der Waals surface area contributed by atoms with Crippen LogP contribution in [-0.4, -0.2) is 136 Å². The minimum atomic E-state index is -2.08. The van der Waals surface area contributed by atoms with Crippen LogP contribution in [0.15, 0.2) is 0 Å². The van der Waals surface area contributed by atoms with Crippen molar-refractivity contribution in [1.82, 2.24) is 5.32 Å². The zero-order valence-corrected chi connectivity index (χ0v) is 24.3. The van der Waals surface area contributed by atoms with Crippen LogP contribution in [-0.2, 0) is 23.7 Å². The van der Waals surface area contributed by atoms with Crippen molar-refractivity contribution in [3.8, 4) is 0 Å². The molecule has 42 heavy (non-hydrogen) atoms. The van der Waals surface area contributed by atoms with E-state index in [4.69, 9.17) is 52.4 Å². The summed E-state index contributed by atoms with van der Waals surface area (Å²) in [7, 11) is 0. The molecule has 15 N–H and O–H groups in total. The predicted octanol–water partition coefficient (Wildman–Crippen LogP) is -4.29. The molecule has 3 aliphatic rings. The third-order valence-corrected chi connectivity index (χ3v) is 8.78. The smallest absolute Gasteiger partial charge is 0.254 e. The molecule has 0 bridgehead atoms. The number of carbonyl (C=O) groups excluding carboxylic acids is 1. The molecule has 0 radical (unpaired) electrons. The fourth-order valence-electron chi connectivity index (χ4n) is 5.46. The molecule has 2 aliphatic heterocycles. The van der Waals surface area contributed by atoms with Gasteiger partial charge in [0.2, 0.25) is 0 Å². The van der Waals surface area contributed by atoms with E-state index in [1.807, 2.05) is 0 Å². The number of nitrogens with two attached hydrogens (primary N) is 4. The van der Waals surface area contributed by atoms with Gasteiger partial charge in [0, 0.05) is 30.8 Å². The Morgan fingerprint density at radius 1 is 1.10 bits per heavy atom. The Bertz CT molecular complexity index is 911. The van der Waals surface area contributed by atoms with Crippen molar-refractivity contribution in [3.05, 3.63) is 0 Å². The average molecular weight is 607 g/mol. The highest BCUT2D eigenvalue weighted by molar-refractivity contribution is 5.85. The summed E-state index contributed by atoms with van der Waals surface area (Å²) in [5.41, 5.74) is 20.6. The molecule has 1 saturated carbocycles. The monoisotopic (exact) mass is 606 g/mol. The molecule has 0 spiro atoms. The first kappa shape index (κ1) is 35.1. The van der Waals surface area contributed by atoms with Gasteiger partial charge < -0.3 is 78.1 Å². The number of aliphatic hydroxyl groups excluding tert-OH is 3. The maximum absolute atomic E-state index is 12.9. The predicted molar refractivity (Wildman–Crippen MR) is 149 cm³/mol. The van der Waals surface area contributed by atoms with E-state index in [-0.39, 0.29) is 31.5 Å². The third-order valence-electron chi connectivity index (χ3n) is 8.78. The average Bonchev–Trinajstić information content (AvgIpc) is 2.96. The van der Waals surface area contributed by atoms with Crippen LogP contribution >= 0.6 is 0 Å². The highest BCUT2D eigenvalue weighted by Crippen LogP contribution is 2.34. The Morgan fingerprint density at radius 2 is 1.74 bits per heavy atom. The molecule has 0 aromatic heterocycles. The van der Waals surface area contributed by atoms with Crippen molar-refractivity contribution in [2.24, 2.45) is 28.9 Å². The maximum atomic E-state index is 12.9. The van der Waals surface area contributed by atoms with Crippen molar-refractivity contribution in [1.29, 1.82) is 5.41 Å². The van der Waals surface area contributed by atoms with E-state index in [2.05, 4.69) is 5.32 Å². The van der Waals surface area contributed by atoms with Crippen molar-refractivity contribution in [2.75, 3.05) is 26.3 Å². The minimum Gasteiger partial charge on any atom is -0.390 e. The quantitative estimate of drug-likeness (QED) is 0.0937.